The zero-order chi connectivity index (χ0) is 18.8. The van der Waals surface area contributed by atoms with Crippen LogP contribution in [0.1, 0.15) is 0 Å². The Hall–Kier alpha value is -3.39. The fourth-order valence-electron chi connectivity index (χ4n) is 2.41. The molecule has 0 radical (unpaired) electrons. The summed E-state index contributed by atoms with van der Waals surface area (Å²) in [5.41, 5.74) is 0.472. The average Bonchev–Trinajstić information content (AvgIpc) is 2.85. The van der Waals surface area contributed by atoms with E-state index in [1.165, 1.54) is 31.4 Å². The van der Waals surface area contributed by atoms with E-state index in [0.717, 1.165) is 4.90 Å². The molecule has 132 valence electrons. The maximum Gasteiger partial charge on any atom is 0.283 e. The number of rotatable bonds is 5. The van der Waals surface area contributed by atoms with Gasteiger partial charge in [-0.2, -0.15) is 0 Å². The van der Waals surface area contributed by atoms with Crippen LogP contribution in [-0.2, 0) is 9.59 Å². The largest absolute Gasteiger partial charge is 0.497 e. The van der Waals surface area contributed by atoms with Gasteiger partial charge in [-0.25, -0.2) is 4.90 Å². The topological polar surface area (TPSA) is 102 Å². The van der Waals surface area contributed by atoms with E-state index in [0.29, 0.717) is 11.4 Å². The molecule has 2 amide bonds. The zero-order valence-electron chi connectivity index (χ0n) is 13.4. The van der Waals surface area contributed by atoms with Gasteiger partial charge in [0.05, 0.1) is 17.7 Å². The van der Waals surface area contributed by atoms with Crippen molar-refractivity contribution in [2.75, 3.05) is 17.3 Å². The number of carbonyl (C=O) groups excluding carboxylic acids is 2. The van der Waals surface area contributed by atoms with E-state index in [2.05, 4.69) is 5.32 Å². The van der Waals surface area contributed by atoms with Crippen LogP contribution < -0.4 is 15.0 Å². The molecule has 0 aliphatic carbocycles. The second-order valence-electron chi connectivity index (χ2n) is 5.27. The van der Waals surface area contributed by atoms with Crippen LogP contribution in [0.4, 0.5) is 17.1 Å². The van der Waals surface area contributed by atoms with Gasteiger partial charge in [0.1, 0.15) is 16.5 Å². The number of ether oxygens (including phenoxy) is 1. The lowest BCUT2D eigenvalue weighted by Gasteiger charge is -2.15. The first kappa shape index (κ1) is 17.4. The number of benzene rings is 2. The van der Waals surface area contributed by atoms with Crippen molar-refractivity contribution >= 4 is 40.5 Å². The van der Waals surface area contributed by atoms with Crippen LogP contribution >= 0.6 is 11.6 Å². The molecule has 0 saturated carbocycles. The van der Waals surface area contributed by atoms with Crippen molar-refractivity contribution in [2.45, 2.75) is 0 Å². The second kappa shape index (κ2) is 6.85. The summed E-state index contributed by atoms with van der Waals surface area (Å²) >= 11 is 6.04. The van der Waals surface area contributed by atoms with Gasteiger partial charge in [0.15, 0.2) is 0 Å². The molecule has 1 N–H and O–H groups in total. The molecule has 0 spiro atoms. The van der Waals surface area contributed by atoms with Crippen LogP contribution in [0.2, 0.25) is 0 Å². The fraction of sp³-hybridized carbons (Fsp3) is 0.0588. The van der Waals surface area contributed by atoms with Gasteiger partial charge >= 0.3 is 0 Å². The van der Waals surface area contributed by atoms with Crippen molar-refractivity contribution in [3.05, 3.63) is 69.4 Å². The Morgan fingerprint density at radius 1 is 1.12 bits per heavy atom. The number of methoxy groups -OCH3 is 1. The first-order valence-corrected chi connectivity index (χ1v) is 7.74. The van der Waals surface area contributed by atoms with Gasteiger partial charge in [-0.3, -0.25) is 19.7 Å². The van der Waals surface area contributed by atoms with E-state index in [-0.39, 0.29) is 22.1 Å². The zero-order valence-corrected chi connectivity index (χ0v) is 14.2. The highest BCUT2D eigenvalue weighted by atomic mass is 35.5. The quantitative estimate of drug-likeness (QED) is 0.491. The summed E-state index contributed by atoms with van der Waals surface area (Å²) in [7, 11) is 1.51. The standard InChI is InChI=1S/C17H12ClN3O5/c1-26-13-4-2-3-10(9-13)19-15-14(18)16(22)20(17(15)23)11-5-7-12(8-6-11)21(24)25/h2-9,19H,1H3. The average molecular weight is 374 g/mol. The third-order valence-electron chi connectivity index (χ3n) is 3.69. The summed E-state index contributed by atoms with van der Waals surface area (Å²) in [5, 5.41) is 13.3. The summed E-state index contributed by atoms with van der Waals surface area (Å²) in [6.07, 6.45) is 0. The van der Waals surface area contributed by atoms with E-state index < -0.39 is 16.7 Å². The Morgan fingerprint density at radius 3 is 2.42 bits per heavy atom. The second-order valence-corrected chi connectivity index (χ2v) is 5.64. The molecule has 0 fully saturated rings. The molecule has 26 heavy (non-hydrogen) atoms. The number of nitro benzene ring substituents is 1. The molecule has 0 saturated heterocycles. The lowest BCUT2D eigenvalue weighted by Crippen LogP contribution is -2.32. The highest BCUT2D eigenvalue weighted by Crippen LogP contribution is 2.31. The van der Waals surface area contributed by atoms with Crippen LogP contribution in [0, 0.1) is 10.1 Å². The lowest BCUT2D eigenvalue weighted by atomic mass is 10.2. The smallest absolute Gasteiger partial charge is 0.283 e. The highest BCUT2D eigenvalue weighted by molar-refractivity contribution is 6.53. The van der Waals surface area contributed by atoms with Gasteiger partial charge < -0.3 is 10.1 Å². The molecular weight excluding hydrogens is 362 g/mol. The number of nitrogens with zero attached hydrogens (tertiary/aromatic N) is 2. The van der Waals surface area contributed by atoms with Crippen molar-refractivity contribution in [3.63, 3.8) is 0 Å². The monoisotopic (exact) mass is 373 g/mol. The Labute approximate surface area is 152 Å². The number of halogens is 1. The fourth-order valence-corrected chi connectivity index (χ4v) is 2.63. The van der Waals surface area contributed by atoms with E-state index in [9.17, 15) is 19.7 Å². The van der Waals surface area contributed by atoms with E-state index >= 15 is 0 Å². The van der Waals surface area contributed by atoms with E-state index in [1.807, 2.05) is 0 Å². The van der Waals surface area contributed by atoms with Crippen LogP contribution in [-0.4, -0.2) is 23.8 Å². The number of hydrogen-bond donors (Lipinski definition) is 1. The van der Waals surface area contributed by atoms with Crippen molar-refractivity contribution < 1.29 is 19.2 Å². The highest BCUT2D eigenvalue weighted by Gasteiger charge is 2.39. The van der Waals surface area contributed by atoms with Gasteiger partial charge in [-0.15, -0.1) is 0 Å². The van der Waals surface area contributed by atoms with Gasteiger partial charge in [-0.1, -0.05) is 17.7 Å². The van der Waals surface area contributed by atoms with Gasteiger partial charge in [-0.05, 0) is 24.3 Å². The molecule has 2 aromatic carbocycles. The summed E-state index contributed by atoms with van der Waals surface area (Å²) in [5.74, 6) is -0.802. The predicted octanol–water partition coefficient (Wildman–Crippen LogP) is 3.04. The summed E-state index contributed by atoms with van der Waals surface area (Å²) < 4.78 is 5.11. The normalized spacial score (nSPS) is 14.0. The molecular formula is C17H12ClN3O5. The Morgan fingerprint density at radius 2 is 1.81 bits per heavy atom. The van der Waals surface area contributed by atoms with Crippen molar-refractivity contribution in [3.8, 4) is 5.75 Å². The lowest BCUT2D eigenvalue weighted by molar-refractivity contribution is -0.384. The number of hydrogen-bond acceptors (Lipinski definition) is 6. The van der Waals surface area contributed by atoms with Crippen LogP contribution in [0.3, 0.4) is 0 Å². The molecule has 1 aliphatic rings. The summed E-state index contributed by atoms with van der Waals surface area (Å²) in [6.45, 7) is 0. The third kappa shape index (κ3) is 3.09. The molecule has 2 aromatic rings. The Bertz CT molecular complexity index is 940. The molecule has 8 nitrogen and oxygen atoms in total. The number of non-ortho nitro benzene ring substituents is 1. The first-order valence-electron chi connectivity index (χ1n) is 7.36. The number of amides is 2. The summed E-state index contributed by atoms with van der Waals surface area (Å²) in [4.78, 5) is 36.0. The molecule has 0 aromatic heterocycles. The van der Waals surface area contributed by atoms with Crippen molar-refractivity contribution in [1.82, 2.24) is 0 Å². The molecule has 9 heteroatoms. The Kier molecular flexibility index (Phi) is 4.59. The minimum absolute atomic E-state index is 0.0803. The number of imide groups is 1. The number of nitrogens with one attached hydrogen (secondary N) is 1. The number of nitro groups is 1. The molecule has 1 heterocycles. The minimum Gasteiger partial charge on any atom is -0.497 e. The number of anilines is 2. The van der Waals surface area contributed by atoms with Gasteiger partial charge in [0.25, 0.3) is 17.5 Å². The first-order chi connectivity index (χ1) is 12.4. The van der Waals surface area contributed by atoms with Crippen molar-refractivity contribution in [2.24, 2.45) is 0 Å². The maximum absolute atomic E-state index is 12.6. The predicted molar refractivity (Wildman–Crippen MR) is 95.1 cm³/mol. The SMILES string of the molecule is COc1cccc(NC2=C(Cl)C(=O)N(c3ccc([N+](=O)[O-])cc3)C2=O)c1. The maximum atomic E-state index is 12.6. The van der Waals surface area contributed by atoms with Crippen LogP contribution in [0.5, 0.6) is 5.75 Å². The molecule has 1 aliphatic heterocycles. The Balaban J connectivity index is 1.88. The third-order valence-corrected chi connectivity index (χ3v) is 4.04. The van der Waals surface area contributed by atoms with Crippen LogP contribution in [0.25, 0.3) is 0 Å². The summed E-state index contributed by atoms with van der Waals surface area (Å²) in [6, 6.07) is 11.8. The molecule has 0 bridgehead atoms. The van der Waals surface area contributed by atoms with Gasteiger partial charge in [0.2, 0.25) is 0 Å². The van der Waals surface area contributed by atoms with E-state index in [4.69, 9.17) is 16.3 Å². The molecule has 0 unspecified atom stereocenters. The van der Waals surface area contributed by atoms with Gasteiger partial charge in [0, 0.05) is 23.9 Å². The number of carbonyl (C=O) groups is 2. The molecule has 3 rings (SSSR count). The van der Waals surface area contributed by atoms with Crippen molar-refractivity contribution in [1.29, 1.82) is 0 Å². The van der Waals surface area contributed by atoms with Crippen LogP contribution in [0.15, 0.2) is 59.3 Å². The molecule has 0 atom stereocenters. The van der Waals surface area contributed by atoms with E-state index in [1.54, 1.807) is 24.3 Å². The minimum atomic E-state index is -0.712.